The lowest BCUT2D eigenvalue weighted by Gasteiger charge is -2.66. The first-order chi connectivity index (χ1) is 36.9. The Morgan fingerprint density at radius 3 is 2.20 bits per heavy atom. The average molecular weight is 1020 g/mol. The molecule has 12 rings (SSSR count). The van der Waals surface area contributed by atoms with E-state index >= 15 is 4.79 Å². The van der Waals surface area contributed by atoms with Gasteiger partial charge in [-0.2, -0.15) is 0 Å². The molecule has 3 saturated carbocycles. The van der Waals surface area contributed by atoms with E-state index in [1.165, 1.54) is 21.1 Å². The number of carbonyl (C=O) groups is 2. The summed E-state index contributed by atoms with van der Waals surface area (Å²) in [6, 6.07) is 41.8. The van der Waals surface area contributed by atoms with Gasteiger partial charge in [0.05, 0.1) is 25.7 Å². The lowest BCUT2D eigenvalue weighted by Crippen LogP contribution is -2.65. The van der Waals surface area contributed by atoms with E-state index in [1.807, 2.05) is 72.8 Å². The fourth-order valence-corrected chi connectivity index (χ4v) is 16.0. The van der Waals surface area contributed by atoms with Crippen molar-refractivity contribution < 1.29 is 54.1 Å². The SMILES string of the molecule is COc1cc2c(cc1O)[C@H]1C[C@@H](O)[C@H]3Cc4cc(O)c(OC)cc4[C@H]4C[C@H](OC(=O)[C@]5(c6ccc7cc(O)cc(-c8ccccc8)c7c6)CCC[C@@H]5CCCO)C[C@@H](OC(C)=O)[C@@H](C2)[C@]1(c1ccc2ccccc2c1)[C@H]34. The summed E-state index contributed by atoms with van der Waals surface area (Å²) in [6.07, 6.45) is 2.46. The first-order valence-electron chi connectivity index (χ1n) is 27.1. The van der Waals surface area contributed by atoms with Gasteiger partial charge in [0, 0.05) is 31.3 Å². The molecule has 0 spiro atoms. The van der Waals surface area contributed by atoms with Gasteiger partial charge in [0.1, 0.15) is 18.0 Å². The van der Waals surface area contributed by atoms with Crippen LogP contribution < -0.4 is 9.47 Å². The fraction of sp³-hybridized carbons (Fsp3) is 0.385. The zero-order chi connectivity index (χ0) is 52.6. The highest BCUT2D eigenvalue weighted by atomic mass is 16.6. The van der Waals surface area contributed by atoms with E-state index in [0.717, 1.165) is 78.9 Å². The summed E-state index contributed by atoms with van der Waals surface area (Å²) >= 11 is 0. The second kappa shape index (κ2) is 19.5. The number of rotatable bonds is 11. The van der Waals surface area contributed by atoms with Crippen molar-refractivity contribution in [2.24, 2.45) is 23.7 Å². The second-order valence-corrected chi connectivity index (χ2v) is 22.5. The molecule has 11 heteroatoms. The molecule has 5 aliphatic rings. The van der Waals surface area contributed by atoms with Crippen molar-refractivity contribution in [3.05, 3.63) is 161 Å². The molecule has 0 bridgehead atoms. The number of ether oxygens (including phenoxy) is 4. The molecule has 0 unspecified atom stereocenters. The Morgan fingerprint density at radius 1 is 0.697 bits per heavy atom. The van der Waals surface area contributed by atoms with Crippen LogP contribution in [0.3, 0.4) is 0 Å². The van der Waals surface area contributed by atoms with Crippen molar-refractivity contribution in [3.63, 3.8) is 0 Å². The monoisotopic (exact) mass is 1020 g/mol. The van der Waals surface area contributed by atoms with Gasteiger partial charge in [0.2, 0.25) is 0 Å². The van der Waals surface area contributed by atoms with Gasteiger partial charge in [-0.3, -0.25) is 9.59 Å². The molecule has 7 aromatic carbocycles. The maximum Gasteiger partial charge on any atom is 0.317 e. The molecule has 11 nitrogen and oxygen atoms in total. The lowest BCUT2D eigenvalue weighted by molar-refractivity contribution is -0.174. The molecule has 11 atom stereocenters. The first kappa shape index (κ1) is 49.8. The Bertz CT molecular complexity index is 3390. The zero-order valence-electron chi connectivity index (χ0n) is 43.3. The molecule has 5 aliphatic carbocycles. The molecule has 5 N–H and O–H groups in total. The zero-order valence-corrected chi connectivity index (χ0v) is 43.3. The number of benzene rings is 7. The second-order valence-electron chi connectivity index (χ2n) is 22.5. The topological polar surface area (TPSA) is 172 Å². The predicted octanol–water partition coefficient (Wildman–Crippen LogP) is 11.5. The molecule has 0 radical (unpaired) electrons. The van der Waals surface area contributed by atoms with Gasteiger partial charge < -0.3 is 44.5 Å². The Morgan fingerprint density at radius 2 is 1.42 bits per heavy atom. The highest BCUT2D eigenvalue weighted by Gasteiger charge is 2.67. The minimum Gasteiger partial charge on any atom is -0.508 e. The number of fused-ring (bicyclic) bond motifs is 6. The van der Waals surface area contributed by atoms with E-state index in [0.29, 0.717) is 56.4 Å². The largest absolute Gasteiger partial charge is 0.508 e. The van der Waals surface area contributed by atoms with Gasteiger partial charge in [-0.05, 0) is 189 Å². The molecule has 7 aromatic rings. The molecule has 0 amide bonds. The standard InChI is InChI=1S/C65H66O11/c1-36(67)75-59-32-47(76-63(72)64(21-9-15-43(64)16-10-22-66)44-19-18-40-24-46(68)30-49(48(40)29-44)38-12-5-4-6-13-38)31-52-50-34-61(74-3)57(70)27-41(50)25-53-56(69)35-54-51-33-58(71)60(73-2)28-42(51)26-55(59)65(54,62(52)53)45-20-17-37-11-7-8-14-39(37)23-45/h4-8,11-14,17-20,23-24,27-30,33-34,43,47,52-56,59,62,66,68-71H,9-10,15-16,21-22,25-26,31-32,35H2,1-3H3/t43-,47+,52-,53-,54-,55-,56-,59-,62+,64-,65-/m1/s1. The van der Waals surface area contributed by atoms with Crippen molar-refractivity contribution in [1.29, 1.82) is 0 Å². The third-order valence-corrected chi connectivity index (χ3v) is 18.9. The van der Waals surface area contributed by atoms with Crippen LogP contribution in [0, 0.1) is 23.7 Å². The minimum atomic E-state index is -1.11. The van der Waals surface area contributed by atoms with E-state index in [9.17, 15) is 30.3 Å². The Hall–Kier alpha value is -7.08. The van der Waals surface area contributed by atoms with E-state index in [-0.39, 0.29) is 65.8 Å². The number of methoxy groups -OCH3 is 2. The molecular weight excluding hydrogens is 957 g/mol. The van der Waals surface area contributed by atoms with Crippen LogP contribution >= 0.6 is 0 Å². The molecule has 392 valence electrons. The Kier molecular flexibility index (Phi) is 12.8. The number of aliphatic hydroxyl groups excluding tert-OH is 2. The molecule has 0 aromatic heterocycles. The number of carbonyl (C=O) groups excluding carboxylic acids is 2. The van der Waals surface area contributed by atoms with Gasteiger partial charge in [0.15, 0.2) is 23.0 Å². The first-order valence-corrected chi connectivity index (χ1v) is 27.1. The van der Waals surface area contributed by atoms with Gasteiger partial charge in [-0.25, -0.2) is 0 Å². The van der Waals surface area contributed by atoms with Crippen LogP contribution in [-0.4, -0.2) is 76.6 Å². The molecule has 0 saturated heterocycles. The molecule has 3 fully saturated rings. The van der Waals surface area contributed by atoms with Crippen LogP contribution in [0.2, 0.25) is 0 Å². The van der Waals surface area contributed by atoms with Crippen molar-refractivity contribution in [2.45, 2.75) is 112 Å². The van der Waals surface area contributed by atoms with Crippen LogP contribution in [-0.2, 0) is 42.7 Å². The van der Waals surface area contributed by atoms with Crippen LogP contribution in [0.15, 0.2) is 127 Å². The van der Waals surface area contributed by atoms with Crippen LogP contribution in [0.25, 0.3) is 32.7 Å². The third-order valence-electron chi connectivity index (χ3n) is 18.9. The van der Waals surface area contributed by atoms with Crippen LogP contribution in [0.4, 0.5) is 0 Å². The third kappa shape index (κ3) is 7.98. The van der Waals surface area contributed by atoms with Crippen LogP contribution in [0.5, 0.6) is 28.7 Å². The maximum absolute atomic E-state index is 16.2. The lowest BCUT2D eigenvalue weighted by atomic mass is 9.38. The quantitative estimate of drug-likeness (QED) is 0.0781. The highest BCUT2D eigenvalue weighted by Crippen LogP contribution is 2.70. The molecular formula is C65H66O11. The summed E-state index contributed by atoms with van der Waals surface area (Å²) in [7, 11) is 3.07. The number of hydrogen-bond donors (Lipinski definition) is 5. The Balaban J connectivity index is 1.07. The number of aromatic hydroxyl groups is 3. The van der Waals surface area contributed by atoms with E-state index < -0.39 is 41.0 Å². The number of hydrogen-bond acceptors (Lipinski definition) is 11. The smallest absolute Gasteiger partial charge is 0.317 e. The Labute approximate surface area is 443 Å². The highest BCUT2D eigenvalue weighted by molar-refractivity contribution is 5.99. The van der Waals surface area contributed by atoms with Gasteiger partial charge in [-0.1, -0.05) is 91.3 Å². The van der Waals surface area contributed by atoms with E-state index in [4.69, 9.17) is 18.9 Å². The normalized spacial score (nSPS) is 28.3. The minimum absolute atomic E-state index is 0.00266. The number of phenolic OH excluding ortho intramolecular Hbond substituents is 3. The van der Waals surface area contributed by atoms with E-state index in [2.05, 4.69) is 36.4 Å². The van der Waals surface area contributed by atoms with E-state index in [1.54, 1.807) is 18.2 Å². The van der Waals surface area contributed by atoms with Crippen molar-refractivity contribution >= 4 is 33.5 Å². The predicted molar refractivity (Wildman–Crippen MR) is 290 cm³/mol. The summed E-state index contributed by atoms with van der Waals surface area (Å²) in [5.41, 5.74) is 5.36. The number of phenols is 3. The van der Waals surface area contributed by atoms with Gasteiger partial charge in [0.25, 0.3) is 0 Å². The summed E-state index contributed by atoms with van der Waals surface area (Å²) in [5.74, 6) is -2.09. The molecule has 0 aliphatic heterocycles. The summed E-state index contributed by atoms with van der Waals surface area (Å²) in [4.78, 5) is 30.0. The summed E-state index contributed by atoms with van der Waals surface area (Å²) < 4.78 is 25.6. The number of esters is 2. The summed E-state index contributed by atoms with van der Waals surface area (Å²) in [5, 5.41) is 61.0. The fourth-order valence-electron chi connectivity index (χ4n) is 16.0. The average Bonchev–Trinajstić information content (AvgIpc) is 3.84. The van der Waals surface area contributed by atoms with Crippen LogP contribution in [0.1, 0.15) is 104 Å². The maximum atomic E-state index is 16.2. The van der Waals surface area contributed by atoms with Crippen molar-refractivity contribution in [1.82, 2.24) is 0 Å². The molecule has 0 heterocycles. The summed E-state index contributed by atoms with van der Waals surface area (Å²) in [6.45, 7) is 1.42. The van der Waals surface area contributed by atoms with Crippen molar-refractivity contribution in [3.8, 4) is 39.9 Å². The number of aliphatic hydroxyl groups is 2. The van der Waals surface area contributed by atoms with Gasteiger partial charge in [-0.15, -0.1) is 0 Å². The van der Waals surface area contributed by atoms with Crippen molar-refractivity contribution in [2.75, 3.05) is 20.8 Å². The van der Waals surface area contributed by atoms with Gasteiger partial charge >= 0.3 is 11.9 Å². The molecule has 76 heavy (non-hydrogen) atoms.